The molecule has 0 bridgehead atoms. The SMILES string of the molecule is Cc1cccc2c1C(C)CC2CC(=O)ON1C(=O)c2ccccc2C1=O. The molecule has 2 atom stereocenters. The Morgan fingerprint density at radius 1 is 1.08 bits per heavy atom. The number of rotatable bonds is 3. The Kier molecular flexibility index (Phi) is 3.87. The van der Waals surface area contributed by atoms with Gasteiger partial charge in [0.15, 0.2) is 0 Å². The minimum absolute atomic E-state index is 0.0441. The Balaban J connectivity index is 1.49. The Labute approximate surface area is 151 Å². The third kappa shape index (κ3) is 2.51. The van der Waals surface area contributed by atoms with Gasteiger partial charge in [0.2, 0.25) is 0 Å². The second-order valence-electron chi connectivity index (χ2n) is 7.03. The summed E-state index contributed by atoms with van der Waals surface area (Å²) in [4.78, 5) is 42.2. The fraction of sp³-hybridized carbons (Fsp3) is 0.286. The van der Waals surface area contributed by atoms with Crippen LogP contribution in [-0.2, 0) is 9.63 Å². The number of hydrogen-bond acceptors (Lipinski definition) is 4. The van der Waals surface area contributed by atoms with Gasteiger partial charge >= 0.3 is 5.97 Å². The van der Waals surface area contributed by atoms with Gasteiger partial charge in [-0.1, -0.05) is 42.3 Å². The van der Waals surface area contributed by atoms with Gasteiger partial charge in [-0.25, -0.2) is 4.79 Å². The van der Waals surface area contributed by atoms with E-state index in [1.165, 1.54) is 11.1 Å². The highest BCUT2D eigenvalue weighted by molar-refractivity contribution is 6.20. The van der Waals surface area contributed by atoms with E-state index >= 15 is 0 Å². The highest BCUT2D eigenvalue weighted by Gasteiger charge is 2.39. The maximum absolute atomic E-state index is 12.4. The molecule has 1 aliphatic heterocycles. The van der Waals surface area contributed by atoms with Crippen molar-refractivity contribution in [2.45, 2.75) is 38.5 Å². The molecule has 132 valence electrons. The van der Waals surface area contributed by atoms with Gasteiger partial charge < -0.3 is 4.84 Å². The lowest BCUT2D eigenvalue weighted by Gasteiger charge is -2.15. The molecule has 5 nitrogen and oxygen atoms in total. The fourth-order valence-corrected chi connectivity index (χ4v) is 4.19. The van der Waals surface area contributed by atoms with Crippen LogP contribution in [0.1, 0.15) is 69.0 Å². The lowest BCUT2D eigenvalue weighted by molar-refractivity contribution is -0.169. The molecule has 0 aromatic heterocycles. The summed E-state index contributed by atoms with van der Waals surface area (Å²) in [5, 5.41) is 0.586. The molecule has 0 spiro atoms. The lowest BCUT2D eigenvalue weighted by Crippen LogP contribution is -2.33. The second-order valence-corrected chi connectivity index (χ2v) is 7.03. The number of carbonyl (C=O) groups is 3. The zero-order valence-corrected chi connectivity index (χ0v) is 14.7. The van der Waals surface area contributed by atoms with Crippen LogP contribution in [-0.4, -0.2) is 22.8 Å². The summed E-state index contributed by atoms with van der Waals surface area (Å²) in [5.41, 5.74) is 4.22. The third-order valence-electron chi connectivity index (χ3n) is 5.29. The van der Waals surface area contributed by atoms with Crippen LogP contribution < -0.4 is 0 Å². The highest BCUT2D eigenvalue weighted by Crippen LogP contribution is 2.44. The van der Waals surface area contributed by atoms with E-state index in [9.17, 15) is 14.4 Å². The highest BCUT2D eigenvalue weighted by atomic mass is 16.7. The Morgan fingerprint density at radius 3 is 2.38 bits per heavy atom. The number of fused-ring (bicyclic) bond motifs is 2. The molecule has 2 aromatic rings. The van der Waals surface area contributed by atoms with Gasteiger partial charge in [-0.2, -0.15) is 0 Å². The summed E-state index contributed by atoms with van der Waals surface area (Å²) >= 11 is 0. The van der Waals surface area contributed by atoms with Crippen LogP contribution in [0.4, 0.5) is 0 Å². The van der Waals surface area contributed by atoms with E-state index in [0.29, 0.717) is 11.0 Å². The molecule has 2 amide bonds. The molecule has 0 saturated carbocycles. The smallest absolute Gasteiger partial charge is 0.330 e. The molecule has 1 aliphatic carbocycles. The Morgan fingerprint density at radius 2 is 1.73 bits per heavy atom. The monoisotopic (exact) mass is 349 g/mol. The number of hydroxylamine groups is 2. The summed E-state index contributed by atoms with van der Waals surface area (Å²) in [6, 6.07) is 12.6. The van der Waals surface area contributed by atoms with Gasteiger partial charge in [0.05, 0.1) is 17.5 Å². The molecule has 0 radical (unpaired) electrons. The van der Waals surface area contributed by atoms with E-state index in [0.717, 1.165) is 12.0 Å². The third-order valence-corrected chi connectivity index (χ3v) is 5.29. The predicted octanol–water partition coefficient (Wildman–Crippen LogP) is 3.73. The van der Waals surface area contributed by atoms with Crippen LogP contribution in [0.5, 0.6) is 0 Å². The summed E-state index contributed by atoms with van der Waals surface area (Å²) in [7, 11) is 0. The first-order chi connectivity index (χ1) is 12.5. The number of nitrogens with zero attached hydrogens (tertiary/aromatic N) is 1. The molecule has 0 fully saturated rings. The van der Waals surface area contributed by atoms with Gasteiger partial charge in [-0.05, 0) is 54.0 Å². The van der Waals surface area contributed by atoms with Crippen molar-refractivity contribution in [3.05, 3.63) is 70.3 Å². The van der Waals surface area contributed by atoms with Gasteiger partial charge in [-0.15, -0.1) is 0 Å². The number of carbonyl (C=O) groups excluding carboxylic acids is 3. The van der Waals surface area contributed by atoms with Gasteiger partial charge in [-0.3, -0.25) is 9.59 Å². The zero-order valence-electron chi connectivity index (χ0n) is 14.7. The van der Waals surface area contributed by atoms with Crippen molar-refractivity contribution in [2.24, 2.45) is 0 Å². The van der Waals surface area contributed by atoms with Crippen LogP contribution >= 0.6 is 0 Å². The number of benzene rings is 2. The van der Waals surface area contributed by atoms with Gasteiger partial charge in [0.1, 0.15) is 0 Å². The van der Waals surface area contributed by atoms with E-state index in [2.05, 4.69) is 19.9 Å². The summed E-state index contributed by atoms with van der Waals surface area (Å²) in [5.74, 6) is -1.32. The van der Waals surface area contributed by atoms with Crippen LogP contribution in [0, 0.1) is 6.92 Å². The predicted molar refractivity (Wildman–Crippen MR) is 94.6 cm³/mol. The van der Waals surface area contributed by atoms with E-state index in [4.69, 9.17) is 4.84 Å². The Bertz CT molecular complexity index is 898. The molecule has 26 heavy (non-hydrogen) atoms. The number of aryl methyl sites for hydroxylation is 1. The van der Waals surface area contributed by atoms with Gasteiger partial charge in [0, 0.05) is 0 Å². The molecule has 2 aliphatic rings. The average molecular weight is 349 g/mol. The van der Waals surface area contributed by atoms with Crippen molar-refractivity contribution in [1.29, 1.82) is 0 Å². The fourth-order valence-electron chi connectivity index (χ4n) is 4.19. The maximum Gasteiger partial charge on any atom is 0.333 e. The number of amides is 2. The number of hydrogen-bond donors (Lipinski definition) is 0. The first kappa shape index (κ1) is 16.5. The van der Waals surface area contributed by atoms with Crippen molar-refractivity contribution in [3.8, 4) is 0 Å². The number of imide groups is 1. The topological polar surface area (TPSA) is 63.7 Å². The largest absolute Gasteiger partial charge is 0.333 e. The molecule has 4 rings (SSSR count). The summed E-state index contributed by atoms with van der Waals surface area (Å²) in [6.45, 7) is 4.23. The second kappa shape index (κ2) is 6.09. The van der Waals surface area contributed by atoms with Crippen LogP contribution in [0.3, 0.4) is 0 Å². The normalized spacial score (nSPS) is 20.9. The van der Waals surface area contributed by atoms with Crippen molar-refractivity contribution in [1.82, 2.24) is 5.06 Å². The van der Waals surface area contributed by atoms with Crippen molar-refractivity contribution >= 4 is 17.8 Å². The molecule has 2 aromatic carbocycles. The average Bonchev–Trinajstić information content (AvgIpc) is 3.06. The molecule has 0 N–H and O–H groups in total. The summed E-state index contributed by atoms with van der Waals surface area (Å²) in [6.07, 6.45) is 1.01. The van der Waals surface area contributed by atoms with E-state index < -0.39 is 17.8 Å². The standard InChI is InChI=1S/C21H19NO4/c1-12-6-5-9-15-14(10-13(2)19(12)15)11-18(23)26-22-20(24)16-7-3-4-8-17(16)21(22)25/h3-9,13-14H,10-11H2,1-2H3. The van der Waals surface area contributed by atoms with Crippen molar-refractivity contribution in [2.75, 3.05) is 0 Å². The zero-order chi connectivity index (χ0) is 18.4. The van der Waals surface area contributed by atoms with Crippen LogP contribution in [0.25, 0.3) is 0 Å². The Hall–Kier alpha value is -2.95. The molecular weight excluding hydrogens is 330 g/mol. The van der Waals surface area contributed by atoms with Gasteiger partial charge in [0.25, 0.3) is 11.8 Å². The van der Waals surface area contributed by atoms with Crippen LogP contribution in [0.2, 0.25) is 0 Å². The maximum atomic E-state index is 12.4. The lowest BCUT2D eigenvalue weighted by atomic mass is 9.96. The summed E-state index contributed by atoms with van der Waals surface area (Å²) < 4.78 is 0. The van der Waals surface area contributed by atoms with Crippen LogP contribution in [0.15, 0.2) is 42.5 Å². The van der Waals surface area contributed by atoms with E-state index in [1.807, 2.05) is 12.1 Å². The molecular formula is C21H19NO4. The first-order valence-corrected chi connectivity index (χ1v) is 8.75. The molecule has 2 unspecified atom stereocenters. The molecule has 1 heterocycles. The van der Waals surface area contributed by atoms with E-state index in [-0.39, 0.29) is 23.5 Å². The minimum atomic E-state index is -0.588. The van der Waals surface area contributed by atoms with E-state index in [1.54, 1.807) is 24.3 Å². The molecule has 5 heteroatoms. The van der Waals surface area contributed by atoms with Crippen molar-refractivity contribution < 1.29 is 19.2 Å². The van der Waals surface area contributed by atoms with Crippen molar-refractivity contribution in [3.63, 3.8) is 0 Å². The molecule has 0 saturated heterocycles. The quantitative estimate of drug-likeness (QED) is 0.792. The first-order valence-electron chi connectivity index (χ1n) is 8.75. The minimum Gasteiger partial charge on any atom is -0.330 e.